The number of rotatable bonds is 4. The molecular formula is C24H28N5S. The summed E-state index contributed by atoms with van der Waals surface area (Å²) < 4.78 is 0. The summed E-state index contributed by atoms with van der Waals surface area (Å²) in [5, 5.41) is 4.53. The van der Waals surface area contributed by atoms with E-state index < -0.39 is 0 Å². The molecule has 2 aliphatic rings. The molecule has 155 valence electrons. The minimum absolute atomic E-state index is 0.540. The summed E-state index contributed by atoms with van der Waals surface area (Å²) in [4.78, 5) is 17.7. The summed E-state index contributed by atoms with van der Waals surface area (Å²) in [5.74, 6) is 0.540. The van der Waals surface area contributed by atoms with Crippen LogP contribution in [0.2, 0.25) is 0 Å². The Morgan fingerprint density at radius 3 is 2.73 bits per heavy atom. The minimum Gasteiger partial charge on any atom is -0.346 e. The average molecular weight is 419 g/mol. The number of hydrogen-bond donors (Lipinski definition) is 1. The van der Waals surface area contributed by atoms with E-state index in [4.69, 9.17) is 9.97 Å². The fraction of sp³-hybridized carbons (Fsp3) is 0.458. The number of hydrogen-bond acceptors (Lipinski definition) is 6. The lowest BCUT2D eigenvalue weighted by atomic mass is 9.83. The first-order chi connectivity index (χ1) is 14.8. The molecule has 30 heavy (non-hydrogen) atoms. The van der Waals surface area contributed by atoms with Crippen molar-refractivity contribution in [3.8, 4) is 21.8 Å². The zero-order chi connectivity index (χ0) is 20.3. The molecular weight excluding hydrogens is 390 g/mol. The molecule has 0 atom stereocenters. The SMILES string of the molecule is Cc1cccc(-c2nc(N3CCNCC3)sc2-c2n[c]ncc2C2CCCCC2)c1. The van der Waals surface area contributed by atoms with Gasteiger partial charge in [-0.3, -0.25) is 0 Å². The maximum Gasteiger partial charge on any atom is 0.198 e. The number of aryl methyl sites for hydroxylation is 1. The second-order valence-corrected chi connectivity index (χ2v) is 9.37. The predicted octanol–water partition coefficient (Wildman–Crippen LogP) is 4.83. The second kappa shape index (κ2) is 8.82. The standard InChI is InChI=1S/C24H28N5S/c1-17-6-5-9-19(14-17)21-23(30-24(28-21)29-12-10-25-11-13-29)22-20(15-26-16-27-22)18-7-3-2-4-8-18/h5-6,9,14-15,18,25H,2-4,7-8,10-13H2,1H3. The van der Waals surface area contributed by atoms with Gasteiger partial charge in [0.2, 0.25) is 0 Å². The second-order valence-electron chi connectivity index (χ2n) is 8.39. The van der Waals surface area contributed by atoms with Crippen LogP contribution in [0, 0.1) is 13.3 Å². The van der Waals surface area contributed by atoms with Gasteiger partial charge in [-0.25, -0.2) is 15.0 Å². The van der Waals surface area contributed by atoms with Crippen molar-refractivity contribution < 1.29 is 0 Å². The monoisotopic (exact) mass is 418 g/mol. The highest BCUT2D eigenvalue weighted by Gasteiger charge is 2.26. The van der Waals surface area contributed by atoms with Crippen LogP contribution in [0.1, 0.15) is 49.1 Å². The van der Waals surface area contributed by atoms with Crippen LogP contribution < -0.4 is 10.2 Å². The average Bonchev–Trinajstić information content (AvgIpc) is 3.26. The molecule has 1 aliphatic carbocycles. The minimum atomic E-state index is 0.540. The maximum absolute atomic E-state index is 5.15. The van der Waals surface area contributed by atoms with Crippen molar-refractivity contribution in [2.75, 3.05) is 31.1 Å². The quantitative estimate of drug-likeness (QED) is 0.657. The van der Waals surface area contributed by atoms with Crippen LogP contribution >= 0.6 is 11.3 Å². The molecule has 1 saturated carbocycles. The van der Waals surface area contributed by atoms with Gasteiger partial charge in [-0.05, 0) is 31.7 Å². The molecule has 2 fully saturated rings. The lowest BCUT2D eigenvalue weighted by Crippen LogP contribution is -2.43. The number of piperazine rings is 1. The summed E-state index contributed by atoms with van der Waals surface area (Å²) in [7, 11) is 0. The Morgan fingerprint density at radius 1 is 1.10 bits per heavy atom. The summed E-state index contributed by atoms with van der Waals surface area (Å²) in [6, 6.07) is 8.65. The molecule has 5 rings (SSSR count). The first-order valence-electron chi connectivity index (χ1n) is 11.1. The predicted molar refractivity (Wildman–Crippen MR) is 123 cm³/mol. The number of benzene rings is 1. The number of anilines is 1. The van der Waals surface area contributed by atoms with Gasteiger partial charge in [0.05, 0.1) is 16.3 Å². The molecule has 0 amide bonds. The van der Waals surface area contributed by atoms with E-state index in [0.29, 0.717) is 5.92 Å². The molecule has 0 unspecified atom stereocenters. The third-order valence-electron chi connectivity index (χ3n) is 6.25. The third-order valence-corrected chi connectivity index (χ3v) is 7.37. The summed E-state index contributed by atoms with van der Waals surface area (Å²) in [6.45, 7) is 6.13. The Bertz CT molecular complexity index is 1000. The highest BCUT2D eigenvalue weighted by Crippen LogP contribution is 2.44. The topological polar surface area (TPSA) is 53.9 Å². The van der Waals surface area contributed by atoms with Crippen LogP contribution in [-0.2, 0) is 0 Å². The molecule has 1 saturated heterocycles. The maximum atomic E-state index is 5.15. The van der Waals surface area contributed by atoms with Gasteiger partial charge in [-0.1, -0.05) is 54.4 Å². The summed E-state index contributed by atoms with van der Waals surface area (Å²) in [5.41, 5.74) is 5.76. The first-order valence-corrected chi connectivity index (χ1v) is 11.9. The summed E-state index contributed by atoms with van der Waals surface area (Å²) in [6.07, 6.45) is 11.3. The van der Waals surface area contributed by atoms with Gasteiger partial charge in [-0.15, -0.1) is 0 Å². The largest absolute Gasteiger partial charge is 0.346 e. The Labute approximate surface area is 182 Å². The molecule has 3 heterocycles. The van der Waals surface area contributed by atoms with E-state index >= 15 is 0 Å². The lowest BCUT2D eigenvalue weighted by Gasteiger charge is -2.26. The number of nitrogens with zero attached hydrogens (tertiary/aromatic N) is 4. The van der Waals surface area contributed by atoms with Crippen LogP contribution in [0.3, 0.4) is 0 Å². The van der Waals surface area contributed by atoms with Crippen LogP contribution in [0.4, 0.5) is 5.13 Å². The van der Waals surface area contributed by atoms with E-state index in [1.165, 1.54) is 43.2 Å². The van der Waals surface area contributed by atoms with Crippen molar-refractivity contribution in [2.24, 2.45) is 0 Å². The van der Waals surface area contributed by atoms with Crippen molar-refractivity contribution in [3.63, 3.8) is 0 Å². The zero-order valence-electron chi connectivity index (χ0n) is 17.5. The van der Waals surface area contributed by atoms with Crippen molar-refractivity contribution in [1.82, 2.24) is 20.3 Å². The van der Waals surface area contributed by atoms with Crippen molar-refractivity contribution >= 4 is 16.5 Å². The van der Waals surface area contributed by atoms with Crippen molar-refractivity contribution in [2.45, 2.75) is 44.9 Å². The van der Waals surface area contributed by atoms with Crippen LogP contribution in [0.25, 0.3) is 21.8 Å². The zero-order valence-corrected chi connectivity index (χ0v) is 18.3. The van der Waals surface area contributed by atoms with Crippen LogP contribution in [-0.4, -0.2) is 41.1 Å². The number of aromatic nitrogens is 3. The van der Waals surface area contributed by atoms with Crippen LogP contribution in [0.5, 0.6) is 0 Å². The molecule has 0 spiro atoms. The Kier molecular flexibility index (Phi) is 5.77. The fourth-order valence-electron chi connectivity index (χ4n) is 4.65. The van der Waals surface area contributed by atoms with Gasteiger partial charge in [0.15, 0.2) is 11.5 Å². The van der Waals surface area contributed by atoms with E-state index in [2.05, 4.69) is 52.7 Å². The van der Waals surface area contributed by atoms with Gasteiger partial charge < -0.3 is 10.2 Å². The van der Waals surface area contributed by atoms with E-state index in [0.717, 1.165) is 53.1 Å². The molecule has 1 aromatic carbocycles. The van der Waals surface area contributed by atoms with Crippen molar-refractivity contribution in [1.29, 1.82) is 0 Å². The molecule has 6 heteroatoms. The van der Waals surface area contributed by atoms with Crippen molar-refractivity contribution in [3.05, 3.63) is 47.9 Å². The molecule has 0 bridgehead atoms. The Balaban J connectivity index is 1.63. The van der Waals surface area contributed by atoms with E-state index in [1.807, 2.05) is 6.20 Å². The summed E-state index contributed by atoms with van der Waals surface area (Å²) >= 11 is 1.77. The normalized spacial score (nSPS) is 18.0. The smallest absolute Gasteiger partial charge is 0.198 e. The van der Waals surface area contributed by atoms with Gasteiger partial charge in [0.1, 0.15) is 0 Å². The van der Waals surface area contributed by atoms with Gasteiger partial charge in [-0.2, -0.15) is 0 Å². The highest BCUT2D eigenvalue weighted by atomic mass is 32.1. The van der Waals surface area contributed by atoms with E-state index in [-0.39, 0.29) is 0 Å². The molecule has 1 N–H and O–H groups in total. The number of nitrogens with one attached hydrogen (secondary N) is 1. The fourth-order valence-corrected chi connectivity index (χ4v) is 5.80. The molecule has 1 radical (unpaired) electrons. The molecule has 3 aromatic rings. The first kappa shape index (κ1) is 19.6. The van der Waals surface area contributed by atoms with E-state index in [9.17, 15) is 0 Å². The van der Waals surface area contributed by atoms with Gasteiger partial charge in [0, 0.05) is 43.5 Å². The van der Waals surface area contributed by atoms with E-state index in [1.54, 1.807) is 11.3 Å². The Morgan fingerprint density at radius 2 is 1.93 bits per heavy atom. The lowest BCUT2D eigenvalue weighted by molar-refractivity contribution is 0.443. The van der Waals surface area contributed by atoms with Gasteiger partial charge in [0.25, 0.3) is 0 Å². The molecule has 2 aromatic heterocycles. The molecule has 1 aliphatic heterocycles. The highest BCUT2D eigenvalue weighted by molar-refractivity contribution is 7.19. The van der Waals surface area contributed by atoms with Crippen LogP contribution in [0.15, 0.2) is 30.5 Å². The third kappa shape index (κ3) is 3.98. The Hall–Kier alpha value is -2.31. The number of thiazole rings is 1. The van der Waals surface area contributed by atoms with Gasteiger partial charge >= 0.3 is 0 Å². The molecule has 5 nitrogen and oxygen atoms in total.